The minimum absolute atomic E-state index is 0.0643. The van der Waals surface area contributed by atoms with E-state index in [1.165, 1.54) is 0 Å². The Hall–Kier alpha value is -2.20. The Morgan fingerprint density at radius 1 is 1.28 bits per heavy atom. The fourth-order valence-corrected chi connectivity index (χ4v) is 2.69. The van der Waals surface area contributed by atoms with Crippen LogP contribution in [0.5, 0.6) is 0 Å². The number of benzene rings is 1. The molecule has 1 amide bonds. The van der Waals surface area contributed by atoms with Crippen molar-refractivity contribution < 1.29 is 13.6 Å². The van der Waals surface area contributed by atoms with Gasteiger partial charge in [0.1, 0.15) is 6.54 Å². The van der Waals surface area contributed by atoms with Gasteiger partial charge in [0, 0.05) is 16.3 Å². The van der Waals surface area contributed by atoms with Gasteiger partial charge in [0.2, 0.25) is 0 Å². The van der Waals surface area contributed by atoms with E-state index in [1.54, 1.807) is 28.9 Å². The molecule has 0 bridgehead atoms. The largest absolute Gasteiger partial charge is 0.331 e. The Kier molecular flexibility index (Phi) is 6.71. The van der Waals surface area contributed by atoms with E-state index < -0.39 is 5.76 Å². The molecule has 0 fully saturated rings. The number of hydrogen-bond acceptors (Lipinski definition) is 4. The first-order chi connectivity index (χ1) is 11.8. The van der Waals surface area contributed by atoms with Crippen LogP contribution in [-0.4, -0.2) is 26.6 Å². The second kappa shape index (κ2) is 8.77. The number of aromatic nitrogens is 2. The molecule has 1 aromatic carbocycles. The van der Waals surface area contributed by atoms with Crippen molar-refractivity contribution in [2.24, 2.45) is 0 Å². The normalized spacial score (nSPS) is 10.6. The lowest BCUT2D eigenvalue weighted by Gasteiger charge is -2.12. The van der Waals surface area contributed by atoms with Crippen molar-refractivity contribution in [2.75, 3.05) is 5.32 Å². The highest BCUT2D eigenvalue weighted by Gasteiger charge is 2.08. The quantitative estimate of drug-likeness (QED) is 0.418. The minimum atomic E-state index is -2.46. The lowest BCUT2D eigenvalue weighted by atomic mass is 10.3. The van der Waals surface area contributed by atoms with Gasteiger partial charge in [-0.15, -0.1) is 0 Å². The highest BCUT2D eigenvalue weighted by Crippen LogP contribution is 2.26. The predicted molar refractivity (Wildman–Crippen MR) is 97.5 cm³/mol. The van der Waals surface area contributed by atoms with Crippen LogP contribution in [0.3, 0.4) is 0 Å². The van der Waals surface area contributed by atoms with Gasteiger partial charge in [-0.1, -0.05) is 11.8 Å². The predicted octanol–water partition coefficient (Wildman–Crippen LogP) is 2.83. The molecule has 0 saturated carbocycles. The van der Waals surface area contributed by atoms with Gasteiger partial charge < -0.3 is 5.32 Å². The van der Waals surface area contributed by atoms with Crippen molar-refractivity contribution in [3.63, 3.8) is 0 Å². The number of aryl methyl sites for hydroxylation is 2. The highest BCUT2D eigenvalue weighted by molar-refractivity contribution is 7.99. The summed E-state index contributed by atoms with van der Waals surface area (Å²) in [6, 6.07) is 8.24. The van der Waals surface area contributed by atoms with Crippen molar-refractivity contribution in [3.05, 3.63) is 41.7 Å². The zero-order valence-corrected chi connectivity index (χ0v) is 15.2. The first-order valence-corrected chi connectivity index (χ1v) is 8.54. The van der Waals surface area contributed by atoms with Crippen LogP contribution in [0.15, 0.2) is 35.2 Å². The van der Waals surface area contributed by atoms with Crippen LogP contribution >= 0.6 is 24.0 Å². The molecule has 0 radical (unpaired) electrons. The summed E-state index contributed by atoms with van der Waals surface area (Å²) in [7, 11) is 0. The molecule has 0 saturated heterocycles. The third-order valence-corrected chi connectivity index (χ3v) is 3.98. The maximum atomic E-state index is 12.3. The Morgan fingerprint density at radius 2 is 1.96 bits per heavy atom. The summed E-state index contributed by atoms with van der Waals surface area (Å²) in [5, 5.41) is 7.22. The smallest absolute Gasteiger partial charge is 0.288 e. The molecule has 134 valence electrons. The van der Waals surface area contributed by atoms with Crippen molar-refractivity contribution in [3.8, 4) is 0 Å². The number of halogens is 2. The van der Waals surface area contributed by atoms with E-state index in [9.17, 15) is 13.6 Å². The molecule has 0 spiro atoms. The van der Waals surface area contributed by atoms with Crippen molar-refractivity contribution in [2.45, 2.75) is 31.0 Å². The average molecular weight is 385 g/mol. The second-order valence-corrected chi connectivity index (χ2v) is 6.59. The zero-order chi connectivity index (χ0) is 18.4. The molecule has 2 aromatic rings. The molecule has 0 atom stereocenters. The molecule has 1 heterocycles. The molecule has 6 nitrogen and oxygen atoms in total. The minimum Gasteiger partial charge on any atom is -0.331 e. The van der Waals surface area contributed by atoms with E-state index in [0.717, 1.165) is 11.4 Å². The standard InChI is InChI=1S/C15H17F2N5OS2/c1-9-7-10(2)22(21-9)8-13(23)19-20-15(24)18-11-3-5-12(6-4-11)25-14(16)17/h3-7,14H,8H2,1-2H3,(H,19,23)(H2,18,20,24). The molecule has 25 heavy (non-hydrogen) atoms. The van der Waals surface area contributed by atoms with Crippen molar-refractivity contribution in [1.82, 2.24) is 20.6 Å². The first-order valence-electron chi connectivity index (χ1n) is 7.25. The number of thioether (sulfide) groups is 1. The number of carbonyl (C=O) groups is 1. The Balaban J connectivity index is 1.78. The van der Waals surface area contributed by atoms with E-state index >= 15 is 0 Å². The second-order valence-electron chi connectivity index (χ2n) is 5.11. The van der Waals surface area contributed by atoms with Crippen LogP contribution in [0.25, 0.3) is 0 Å². The third kappa shape index (κ3) is 6.31. The topological polar surface area (TPSA) is 71.0 Å². The van der Waals surface area contributed by atoms with Gasteiger partial charge in [0.05, 0.1) is 5.69 Å². The number of amides is 1. The number of alkyl halides is 2. The summed E-state index contributed by atoms with van der Waals surface area (Å²) in [6.45, 7) is 3.78. The average Bonchev–Trinajstić information content (AvgIpc) is 2.84. The van der Waals surface area contributed by atoms with Gasteiger partial charge in [-0.25, -0.2) is 0 Å². The molecule has 3 N–H and O–H groups in total. The summed E-state index contributed by atoms with van der Waals surface area (Å²) in [5.74, 6) is -2.77. The maximum Gasteiger partial charge on any atom is 0.288 e. The van der Waals surface area contributed by atoms with Crippen molar-refractivity contribution in [1.29, 1.82) is 0 Å². The Labute approximate surface area is 153 Å². The van der Waals surface area contributed by atoms with Crippen LogP contribution in [0.4, 0.5) is 14.5 Å². The number of carbonyl (C=O) groups excluding carboxylic acids is 1. The van der Waals surface area contributed by atoms with Gasteiger partial charge in [0.25, 0.3) is 11.7 Å². The van der Waals surface area contributed by atoms with E-state index in [1.807, 2.05) is 19.9 Å². The molecule has 0 aliphatic heterocycles. The van der Waals surface area contributed by atoms with Crippen LogP contribution in [-0.2, 0) is 11.3 Å². The SMILES string of the molecule is Cc1cc(C)n(CC(=O)NNC(=S)Nc2ccc(SC(F)F)cc2)n1. The number of hydrazine groups is 1. The van der Waals surface area contributed by atoms with Crippen molar-refractivity contribution >= 4 is 40.7 Å². The lowest BCUT2D eigenvalue weighted by Crippen LogP contribution is -2.45. The van der Waals surface area contributed by atoms with E-state index in [4.69, 9.17) is 12.2 Å². The molecule has 0 aliphatic carbocycles. The monoisotopic (exact) mass is 385 g/mol. The molecule has 2 rings (SSSR count). The maximum absolute atomic E-state index is 12.3. The molecular weight excluding hydrogens is 368 g/mol. The van der Waals surface area contributed by atoms with Gasteiger partial charge in [-0.05, 0) is 56.4 Å². The van der Waals surface area contributed by atoms with E-state index in [-0.39, 0.29) is 17.6 Å². The fourth-order valence-electron chi connectivity index (χ4n) is 2.02. The number of thiocarbonyl (C=S) groups is 1. The van der Waals surface area contributed by atoms with Gasteiger partial charge in [0.15, 0.2) is 5.11 Å². The molecule has 0 unspecified atom stereocenters. The molecule has 10 heteroatoms. The van der Waals surface area contributed by atoms with Crippen LogP contribution in [0.1, 0.15) is 11.4 Å². The lowest BCUT2D eigenvalue weighted by molar-refractivity contribution is -0.122. The van der Waals surface area contributed by atoms with E-state index in [2.05, 4.69) is 21.3 Å². The molecule has 0 aliphatic rings. The van der Waals surface area contributed by atoms with Crippen LogP contribution < -0.4 is 16.2 Å². The number of nitrogens with zero attached hydrogens (tertiary/aromatic N) is 2. The Bertz CT molecular complexity index is 749. The summed E-state index contributed by atoms with van der Waals surface area (Å²) >= 11 is 5.54. The number of rotatable bonds is 5. The number of nitrogens with one attached hydrogen (secondary N) is 3. The fraction of sp³-hybridized carbons (Fsp3) is 0.267. The Morgan fingerprint density at radius 3 is 2.52 bits per heavy atom. The highest BCUT2D eigenvalue weighted by atomic mass is 32.2. The van der Waals surface area contributed by atoms with E-state index in [0.29, 0.717) is 22.3 Å². The van der Waals surface area contributed by atoms with Gasteiger partial charge >= 0.3 is 0 Å². The summed E-state index contributed by atoms with van der Waals surface area (Å²) in [5.41, 5.74) is 7.38. The summed E-state index contributed by atoms with van der Waals surface area (Å²) < 4.78 is 26.1. The van der Waals surface area contributed by atoms with Crippen LogP contribution in [0, 0.1) is 13.8 Å². The third-order valence-electron chi connectivity index (χ3n) is 3.05. The van der Waals surface area contributed by atoms with Crippen LogP contribution in [0.2, 0.25) is 0 Å². The first kappa shape index (κ1) is 19.1. The van der Waals surface area contributed by atoms with Gasteiger partial charge in [-0.3, -0.25) is 20.3 Å². The number of anilines is 1. The molecular formula is C15H17F2N5OS2. The number of hydrogen-bond donors (Lipinski definition) is 3. The zero-order valence-electron chi connectivity index (χ0n) is 13.5. The molecule has 1 aromatic heterocycles. The van der Waals surface area contributed by atoms with Gasteiger partial charge in [-0.2, -0.15) is 13.9 Å². The summed E-state index contributed by atoms with van der Waals surface area (Å²) in [6.07, 6.45) is 0. The summed E-state index contributed by atoms with van der Waals surface area (Å²) in [4.78, 5) is 12.3.